The standard InChI is InChI=1S/C20H31FN2.C4H5NO/c1-16-3-6-18(7-4-16)9-10-22-11-13-23(14-12-22)20-15-19(21)8-5-17(20)2;1-4(6)2-3-5/h5,8,15-16,18H,3-4,6-7,9-14H2,1-2H3;2H2,1H3. The highest BCUT2D eigenvalue weighted by Gasteiger charge is 2.22. The molecule has 3 rings (SSSR count). The van der Waals surface area contributed by atoms with Gasteiger partial charge in [0.25, 0.3) is 0 Å². The van der Waals surface area contributed by atoms with Crippen molar-refractivity contribution >= 4 is 11.5 Å². The largest absolute Gasteiger partial charge is 0.369 e. The van der Waals surface area contributed by atoms with Crippen molar-refractivity contribution in [2.45, 2.75) is 59.3 Å². The summed E-state index contributed by atoms with van der Waals surface area (Å²) in [5.41, 5.74) is 2.25. The Bertz CT molecular complexity index is 684. The number of halogens is 1. The molecule has 1 aromatic rings. The average Bonchev–Trinajstić information content (AvgIpc) is 2.70. The van der Waals surface area contributed by atoms with Crippen LogP contribution >= 0.6 is 0 Å². The van der Waals surface area contributed by atoms with Gasteiger partial charge in [-0.3, -0.25) is 9.69 Å². The fourth-order valence-corrected chi connectivity index (χ4v) is 4.23. The molecule has 2 fully saturated rings. The van der Waals surface area contributed by atoms with Crippen LogP contribution in [0.2, 0.25) is 0 Å². The minimum absolute atomic E-state index is 0.0417. The van der Waals surface area contributed by atoms with E-state index in [1.54, 1.807) is 18.2 Å². The second kappa shape index (κ2) is 11.9. The van der Waals surface area contributed by atoms with Crippen molar-refractivity contribution in [3.63, 3.8) is 0 Å². The van der Waals surface area contributed by atoms with Crippen LogP contribution in [0.15, 0.2) is 18.2 Å². The van der Waals surface area contributed by atoms with Crippen LogP contribution in [0.4, 0.5) is 10.1 Å². The number of nitrogens with zero attached hydrogens (tertiary/aromatic N) is 3. The van der Waals surface area contributed by atoms with Crippen molar-refractivity contribution in [2.24, 2.45) is 11.8 Å². The molecule has 1 aromatic carbocycles. The number of benzene rings is 1. The molecule has 1 saturated heterocycles. The predicted molar refractivity (Wildman–Crippen MR) is 116 cm³/mol. The zero-order valence-electron chi connectivity index (χ0n) is 18.3. The fraction of sp³-hybridized carbons (Fsp3) is 0.667. The first-order chi connectivity index (χ1) is 13.9. The number of rotatable bonds is 5. The van der Waals surface area contributed by atoms with Crippen LogP contribution in [0.5, 0.6) is 0 Å². The first-order valence-corrected chi connectivity index (χ1v) is 11.0. The molecule has 0 N–H and O–H groups in total. The van der Waals surface area contributed by atoms with E-state index in [4.69, 9.17) is 5.26 Å². The molecule has 2 aliphatic rings. The van der Waals surface area contributed by atoms with Crippen LogP contribution in [0.3, 0.4) is 0 Å². The molecule has 0 atom stereocenters. The highest BCUT2D eigenvalue weighted by Crippen LogP contribution is 2.30. The van der Waals surface area contributed by atoms with E-state index in [9.17, 15) is 9.18 Å². The van der Waals surface area contributed by atoms with Gasteiger partial charge in [0.1, 0.15) is 11.6 Å². The molecule has 1 aliphatic carbocycles. The number of carbonyl (C=O) groups excluding carboxylic acids is 1. The Morgan fingerprint density at radius 1 is 1.17 bits per heavy atom. The van der Waals surface area contributed by atoms with Crippen LogP contribution in [0, 0.1) is 35.9 Å². The average molecular weight is 402 g/mol. The molecule has 0 spiro atoms. The lowest BCUT2D eigenvalue weighted by Crippen LogP contribution is -2.47. The molecule has 4 nitrogen and oxygen atoms in total. The Balaban J connectivity index is 0.000000438. The maximum absolute atomic E-state index is 13.5. The Morgan fingerprint density at radius 2 is 1.83 bits per heavy atom. The van der Waals surface area contributed by atoms with Crippen molar-refractivity contribution in [3.8, 4) is 6.07 Å². The van der Waals surface area contributed by atoms with E-state index >= 15 is 0 Å². The predicted octanol–water partition coefficient (Wildman–Crippen LogP) is 4.96. The quantitative estimate of drug-likeness (QED) is 0.699. The minimum Gasteiger partial charge on any atom is -0.369 e. The summed E-state index contributed by atoms with van der Waals surface area (Å²) in [7, 11) is 0. The zero-order chi connectivity index (χ0) is 21.2. The van der Waals surface area contributed by atoms with E-state index in [2.05, 4.69) is 23.6 Å². The Labute approximate surface area is 175 Å². The summed E-state index contributed by atoms with van der Waals surface area (Å²) < 4.78 is 13.5. The lowest BCUT2D eigenvalue weighted by molar-refractivity contribution is -0.116. The lowest BCUT2D eigenvalue weighted by atomic mass is 9.81. The van der Waals surface area contributed by atoms with Crippen molar-refractivity contribution in [2.75, 3.05) is 37.6 Å². The maximum atomic E-state index is 13.5. The smallest absolute Gasteiger partial charge is 0.143 e. The third-order valence-corrected chi connectivity index (χ3v) is 6.20. The van der Waals surface area contributed by atoms with Crippen LogP contribution < -0.4 is 4.90 Å². The summed E-state index contributed by atoms with van der Waals surface area (Å²) in [6, 6.07) is 6.85. The second-order valence-electron chi connectivity index (χ2n) is 8.71. The van der Waals surface area contributed by atoms with Gasteiger partial charge in [-0.25, -0.2) is 4.39 Å². The molecule has 0 radical (unpaired) electrons. The summed E-state index contributed by atoms with van der Waals surface area (Å²) >= 11 is 0. The van der Waals surface area contributed by atoms with Crippen LogP contribution in [0.25, 0.3) is 0 Å². The number of nitriles is 1. The van der Waals surface area contributed by atoms with Crippen molar-refractivity contribution in [1.82, 2.24) is 4.90 Å². The fourth-order valence-electron chi connectivity index (χ4n) is 4.23. The Hall–Kier alpha value is -1.93. The third-order valence-electron chi connectivity index (χ3n) is 6.20. The monoisotopic (exact) mass is 401 g/mol. The molecule has 1 heterocycles. The van der Waals surface area contributed by atoms with Gasteiger partial charge in [0.2, 0.25) is 0 Å². The molecule has 0 unspecified atom stereocenters. The molecular formula is C24H36FN3O. The molecule has 0 amide bonds. The summed E-state index contributed by atoms with van der Waals surface area (Å²) in [5, 5.41) is 7.77. The molecule has 0 aromatic heterocycles. The van der Waals surface area contributed by atoms with Crippen LogP contribution in [-0.2, 0) is 4.79 Å². The van der Waals surface area contributed by atoms with E-state index in [0.717, 1.165) is 43.7 Å². The minimum atomic E-state index is -0.125. The number of Topliss-reactive ketones (excluding diaryl/α,β-unsaturated/α-hetero) is 1. The SMILES string of the molecule is CC(=O)CC#N.Cc1ccc(F)cc1N1CCN(CCC2CCC(C)CC2)CC1. The highest BCUT2D eigenvalue weighted by atomic mass is 19.1. The summed E-state index contributed by atoms with van der Waals surface area (Å²) in [4.78, 5) is 14.8. The van der Waals surface area contributed by atoms with Gasteiger partial charge in [-0.15, -0.1) is 0 Å². The van der Waals surface area contributed by atoms with Gasteiger partial charge in [-0.2, -0.15) is 5.26 Å². The summed E-state index contributed by atoms with van der Waals surface area (Å²) in [5.74, 6) is 1.70. The van der Waals surface area contributed by atoms with E-state index < -0.39 is 0 Å². The Morgan fingerprint density at radius 3 is 2.38 bits per heavy atom. The van der Waals surface area contributed by atoms with Crippen molar-refractivity contribution in [3.05, 3.63) is 29.6 Å². The first kappa shape index (κ1) is 23.3. The number of aryl methyl sites for hydroxylation is 1. The normalized spacial score (nSPS) is 22.4. The molecular weight excluding hydrogens is 365 g/mol. The molecule has 5 heteroatoms. The number of hydrogen-bond donors (Lipinski definition) is 0. The van der Waals surface area contributed by atoms with Gasteiger partial charge in [0.05, 0.1) is 12.5 Å². The van der Waals surface area contributed by atoms with E-state index in [-0.39, 0.29) is 18.0 Å². The molecule has 160 valence electrons. The third kappa shape index (κ3) is 8.14. The van der Waals surface area contributed by atoms with Gasteiger partial charge in [0.15, 0.2) is 0 Å². The summed E-state index contributed by atoms with van der Waals surface area (Å²) in [6.07, 6.45) is 7.13. The topological polar surface area (TPSA) is 47.3 Å². The van der Waals surface area contributed by atoms with Gasteiger partial charge in [-0.05, 0) is 56.3 Å². The molecule has 1 aliphatic heterocycles. The van der Waals surface area contributed by atoms with Gasteiger partial charge >= 0.3 is 0 Å². The Kier molecular flexibility index (Phi) is 9.60. The van der Waals surface area contributed by atoms with Crippen LogP contribution in [-0.4, -0.2) is 43.4 Å². The van der Waals surface area contributed by atoms with Crippen molar-refractivity contribution < 1.29 is 9.18 Å². The number of hydrogen-bond acceptors (Lipinski definition) is 4. The summed E-state index contributed by atoms with van der Waals surface area (Å²) in [6.45, 7) is 11.4. The molecule has 0 bridgehead atoms. The number of carbonyl (C=O) groups is 1. The zero-order valence-corrected chi connectivity index (χ0v) is 18.3. The molecule has 29 heavy (non-hydrogen) atoms. The van der Waals surface area contributed by atoms with E-state index in [1.165, 1.54) is 51.1 Å². The molecule has 1 saturated carbocycles. The van der Waals surface area contributed by atoms with Gasteiger partial charge < -0.3 is 4.90 Å². The number of ketones is 1. The number of anilines is 1. The van der Waals surface area contributed by atoms with E-state index in [0.29, 0.717) is 0 Å². The van der Waals surface area contributed by atoms with Gasteiger partial charge in [0, 0.05) is 31.9 Å². The van der Waals surface area contributed by atoms with Gasteiger partial charge in [-0.1, -0.05) is 38.7 Å². The lowest BCUT2D eigenvalue weighted by Gasteiger charge is -2.37. The van der Waals surface area contributed by atoms with E-state index in [1.807, 2.05) is 6.07 Å². The second-order valence-corrected chi connectivity index (χ2v) is 8.71. The highest BCUT2D eigenvalue weighted by molar-refractivity contribution is 5.77. The maximum Gasteiger partial charge on any atom is 0.143 e. The van der Waals surface area contributed by atoms with Crippen LogP contribution in [0.1, 0.15) is 57.9 Å². The number of piperazine rings is 1. The van der Waals surface area contributed by atoms with Crippen molar-refractivity contribution in [1.29, 1.82) is 5.26 Å². The first-order valence-electron chi connectivity index (χ1n) is 11.0.